The van der Waals surface area contributed by atoms with Crippen LogP contribution in [-0.4, -0.2) is 29.3 Å². The van der Waals surface area contributed by atoms with Crippen LogP contribution in [0.15, 0.2) is 6.07 Å². The second kappa shape index (κ2) is 6.75. The average Bonchev–Trinajstić information content (AvgIpc) is 2.24. The second-order valence-electron chi connectivity index (χ2n) is 3.42. The van der Waals surface area contributed by atoms with Crippen molar-refractivity contribution in [2.24, 2.45) is 0 Å². The summed E-state index contributed by atoms with van der Waals surface area (Å²) in [7, 11) is 0. The normalized spacial score (nSPS) is 11.6. The molecular weight excluding hydrogens is 271 g/mol. The summed E-state index contributed by atoms with van der Waals surface area (Å²) in [6.45, 7) is 2.22. The highest BCUT2D eigenvalue weighted by Crippen LogP contribution is 2.19. The first-order valence-electron chi connectivity index (χ1n) is 5.32. The van der Waals surface area contributed by atoms with Gasteiger partial charge < -0.3 is 10.1 Å². The summed E-state index contributed by atoms with van der Waals surface area (Å²) in [4.78, 5) is 7.89. The maximum Gasteiger partial charge on any atom is 0.390 e. The van der Waals surface area contributed by atoms with E-state index in [1.54, 1.807) is 0 Å². The van der Waals surface area contributed by atoms with Gasteiger partial charge in [0, 0.05) is 19.2 Å². The molecule has 102 valence electrons. The maximum atomic E-state index is 12.0. The SMILES string of the molecule is CCOCc1nc(Cl)cc(NCCC(F)(F)F)n1. The number of nitrogens with zero attached hydrogens (tertiary/aromatic N) is 2. The van der Waals surface area contributed by atoms with Gasteiger partial charge in [0.15, 0.2) is 5.82 Å². The fourth-order valence-corrected chi connectivity index (χ4v) is 1.35. The highest BCUT2D eigenvalue weighted by molar-refractivity contribution is 6.29. The van der Waals surface area contributed by atoms with Crippen molar-refractivity contribution in [3.8, 4) is 0 Å². The van der Waals surface area contributed by atoms with Gasteiger partial charge in [-0.1, -0.05) is 11.6 Å². The van der Waals surface area contributed by atoms with Crippen molar-refractivity contribution in [2.45, 2.75) is 26.1 Å². The molecule has 4 nitrogen and oxygen atoms in total. The van der Waals surface area contributed by atoms with Gasteiger partial charge in [-0.15, -0.1) is 0 Å². The number of nitrogens with one attached hydrogen (secondary N) is 1. The lowest BCUT2D eigenvalue weighted by Gasteiger charge is -2.09. The van der Waals surface area contributed by atoms with E-state index >= 15 is 0 Å². The summed E-state index contributed by atoms with van der Waals surface area (Å²) >= 11 is 5.73. The third-order valence-corrected chi connectivity index (χ3v) is 2.08. The molecule has 0 saturated carbocycles. The summed E-state index contributed by atoms with van der Waals surface area (Å²) in [5, 5.41) is 2.71. The Morgan fingerprint density at radius 1 is 1.39 bits per heavy atom. The highest BCUT2D eigenvalue weighted by Gasteiger charge is 2.26. The summed E-state index contributed by atoms with van der Waals surface area (Å²) in [5.74, 6) is 0.591. The molecule has 0 aromatic carbocycles. The van der Waals surface area contributed by atoms with Crippen LogP contribution in [0.2, 0.25) is 5.15 Å². The average molecular weight is 284 g/mol. The summed E-state index contributed by atoms with van der Waals surface area (Å²) in [6.07, 6.45) is -5.13. The lowest BCUT2D eigenvalue weighted by Crippen LogP contribution is -2.15. The van der Waals surface area contributed by atoms with E-state index in [0.717, 1.165) is 0 Å². The van der Waals surface area contributed by atoms with Gasteiger partial charge in [0.05, 0.1) is 6.42 Å². The van der Waals surface area contributed by atoms with Gasteiger partial charge in [-0.2, -0.15) is 13.2 Å². The zero-order valence-electron chi connectivity index (χ0n) is 9.72. The van der Waals surface area contributed by atoms with Gasteiger partial charge in [0.25, 0.3) is 0 Å². The number of ether oxygens (including phenoxy) is 1. The minimum atomic E-state index is -4.20. The van der Waals surface area contributed by atoms with E-state index in [0.29, 0.717) is 12.4 Å². The maximum absolute atomic E-state index is 12.0. The molecule has 0 saturated heterocycles. The molecule has 0 spiro atoms. The molecule has 1 N–H and O–H groups in total. The van der Waals surface area contributed by atoms with Crippen molar-refractivity contribution in [1.82, 2.24) is 9.97 Å². The number of alkyl halides is 3. The zero-order valence-corrected chi connectivity index (χ0v) is 10.5. The van der Waals surface area contributed by atoms with Gasteiger partial charge in [-0.25, -0.2) is 9.97 Å². The van der Waals surface area contributed by atoms with Crippen molar-refractivity contribution in [2.75, 3.05) is 18.5 Å². The first-order valence-corrected chi connectivity index (χ1v) is 5.70. The molecule has 0 unspecified atom stereocenters. The van der Waals surface area contributed by atoms with Crippen LogP contribution in [0.4, 0.5) is 19.0 Å². The molecule has 1 aromatic heterocycles. The van der Waals surface area contributed by atoms with E-state index in [4.69, 9.17) is 16.3 Å². The number of aromatic nitrogens is 2. The predicted molar refractivity (Wildman–Crippen MR) is 61.5 cm³/mol. The number of anilines is 1. The van der Waals surface area contributed by atoms with Gasteiger partial charge in [0.1, 0.15) is 17.6 Å². The number of hydrogen-bond acceptors (Lipinski definition) is 4. The number of rotatable bonds is 6. The van der Waals surface area contributed by atoms with Crippen LogP contribution in [0.25, 0.3) is 0 Å². The van der Waals surface area contributed by atoms with Crippen molar-refractivity contribution in [3.63, 3.8) is 0 Å². The van der Waals surface area contributed by atoms with E-state index in [1.807, 2.05) is 6.92 Å². The molecule has 0 aliphatic heterocycles. The molecule has 18 heavy (non-hydrogen) atoms. The Bertz CT molecular complexity index is 387. The minimum Gasteiger partial charge on any atom is -0.374 e. The Morgan fingerprint density at radius 3 is 2.72 bits per heavy atom. The zero-order chi connectivity index (χ0) is 13.6. The van der Waals surface area contributed by atoms with Gasteiger partial charge in [-0.05, 0) is 6.92 Å². The molecule has 8 heteroatoms. The summed E-state index contributed by atoms with van der Waals surface area (Å²) in [5.41, 5.74) is 0. The monoisotopic (exact) mass is 283 g/mol. The van der Waals surface area contributed by atoms with Crippen LogP contribution in [0.3, 0.4) is 0 Å². The lowest BCUT2D eigenvalue weighted by atomic mass is 10.4. The van der Waals surface area contributed by atoms with Crippen molar-refractivity contribution >= 4 is 17.4 Å². The Morgan fingerprint density at radius 2 is 2.11 bits per heavy atom. The molecule has 0 fully saturated rings. The van der Waals surface area contributed by atoms with Crippen LogP contribution in [-0.2, 0) is 11.3 Å². The first kappa shape index (κ1) is 15.0. The Balaban J connectivity index is 2.57. The smallest absolute Gasteiger partial charge is 0.374 e. The Hall–Kier alpha value is -1.08. The standard InChI is InChI=1S/C10H13ClF3N3O/c1-2-18-6-9-16-7(11)5-8(17-9)15-4-3-10(12,13)14/h5H,2-4,6H2,1H3,(H,15,16,17). The number of hydrogen-bond donors (Lipinski definition) is 1. The third-order valence-electron chi connectivity index (χ3n) is 1.89. The molecular formula is C10H13ClF3N3O. The lowest BCUT2D eigenvalue weighted by molar-refractivity contribution is -0.131. The highest BCUT2D eigenvalue weighted by atomic mass is 35.5. The van der Waals surface area contributed by atoms with Crippen LogP contribution >= 0.6 is 11.6 Å². The van der Waals surface area contributed by atoms with Crippen LogP contribution < -0.4 is 5.32 Å². The van der Waals surface area contributed by atoms with Gasteiger partial charge >= 0.3 is 6.18 Å². The summed E-state index contributed by atoms with van der Waals surface area (Å²) < 4.78 is 41.0. The fourth-order valence-electron chi connectivity index (χ4n) is 1.15. The van der Waals surface area contributed by atoms with E-state index in [1.165, 1.54) is 6.07 Å². The summed E-state index contributed by atoms with van der Waals surface area (Å²) in [6, 6.07) is 1.37. The molecule has 0 aliphatic carbocycles. The predicted octanol–water partition coefficient (Wildman–Crippen LogP) is 3.03. The fraction of sp³-hybridized carbons (Fsp3) is 0.600. The topological polar surface area (TPSA) is 47.0 Å². The molecule has 0 atom stereocenters. The molecule has 0 aliphatic rings. The quantitative estimate of drug-likeness (QED) is 0.815. The van der Waals surface area contributed by atoms with Crippen molar-refractivity contribution < 1.29 is 17.9 Å². The van der Waals surface area contributed by atoms with Crippen molar-refractivity contribution in [1.29, 1.82) is 0 Å². The van der Waals surface area contributed by atoms with E-state index in [2.05, 4.69) is 15.3 Å². The van der Waals surface area contributed by atoms with Gasteiger partial charge in [-0.3, -0.25) is 0 Å². The molecule has 0 bridgehead atoms. The van der Waals surface area contributed by atoms with Crippen LogP contribution in [0, 0.1) is 0 Å². The van der Waals surface area contributed by atoms with E-state index in [9.17, 15) is 13.2 Å². The Labute approximate surface area is 108 Å². The Kier molecular flexibility index (Phi) is 5.61. The third kappa shape index (κ3) is 6.02. The van der Waals surface area contributed by atoms with Crippen LogP contribution in [0.1, 0.15) is 19.2 Å². The molecule has 1 aromatic rings. The van der Waals surface area contributed by atoms with Crippen molar-refractivity contribution in [3.05, 3.63) is 17.0 Å². The molecule has 1 rings (SSSR count). The molecule has 0 amide bonds. The number of halogens is 4. The largest absolute Gasteiger partial charge is 0.390 e. The molecule has 1 heterocycles. The molecule has 0 radical (unpaired) electrons. The second-order valence-corrected chi connectivity index (χ2v) is 3.81. The van der Waals surface area contributed by atoms with Gasteiger partial charge in [0.2, 0.25) is 0 Å². The van der Waals surface area contributed by atoms with Crippen LogP contribution in [0.5, 0.6) is 0 Å². The van der Waals surface area contributed by atoms with E-state index in [-0.39, 0.29) is 24.1 Å². The first-order chi connectivity index (χ1) is 8.40. The minimum absolute atomic E-state index is 0.161. The van der Waals surface area contributed by atoms with E-state index < -0.39 is 12.6 Å².